The Hall–Kier alpha value is -2.97. The highest BCUT2D eigenvalue weighted by atomic mass is 16.6. The summed E-state index contributed by atoms with van der Waals surface area (Å²) in [4.78, 5) is 38.5. The minimum absolute atomic E-state index is 0.110. The van der Waals surface area contributed by atoms with Crippen LogP contribution in [-0.2, 0) is 20.8 Å². The Morgan fingerprint density at radius 3 is 1.90 bits per heavy atom. The Bertz CT molecular complexity index is 770. The van der Waals surface area contributed by atoms with E-state index < -0.39 is 41.6 Å². The second-order valence-electron chi connectivity index (χ2n) is 9.45. The maximum Gasteiger partial charge on any atom is 0.410 e. The number of carbonyl (C=O) groups excluding carboxylic acids is 3. The van der Waals surface area contributed by atoms with Gasteiger partial charge in [-0.1, -0.05) is 30.3 Å². The number of nitrogens with zero attached hydrogens (tertiary/aromatic N) is 1. The zero-order valence-corrected chi connectivity index (χ0v) is 19.1. The molecule has 2 atom stereocenters. The predicted octanol–water partition coefficient (Wildman–Crippen LogP) is 3.43. The fourth-order valence-electron chi connectivity index (χ4n) is 2.95. The molecule has 0 saturated carbocycles. The van der Waals surface area contributed by atoms with Crippen molar-refractivity contribution in [2.24, 2.45) is 0 Å². The maximum atomic E-state index is 12.5. The Morgan fingerprint density at radius 2 is 1.39 bits per heavy atom. The lowest BCUT2D eigenvalue weighted by Gasteiger charge is -2.24. The minimum Gasteiger partial charge on any atom is -0.445 e. The summed E-state index contributed by atoms with van der Waals surface area (Å²) in [5.74, 6) is 0. The van der Waals surface area contributed by atoms with Gasteiger partial charge in [0.2, 0.25) is 0 Å². The quantitative estimate of drug-likeness (QED) is 0.702. The summed E-state index contributed by atoms with van der Waals surface area (Å²) in [7, 11) is 0. The van der Waals surface area contributed by atoms with Crippen LogP contribution >= 0.6 is 0 Å². The van der Waals surface area contributed by atoms with Crippen molar-refractivity contribution in [2.45, 2.75) is 71.4 Å². The Labute approximate surface area is 183 Å². The van der Waals surface area contributed by atoms with Gasteiger partial charge < -0.3 is 29.7 Å². The van der Waals surface area contributed by atoms with Crippen LogP contribution in [0.5, 0.6) is 0 Å². The summed E-state index contributed by atoms with van der Waals surface area (Å²) < 4.78 is 16.0. The number of nitrogens with one attached hydrogen (secondary N) is 2. The van der Waals surface area contributed by atoms with Gasteiger partial charge in [0, 0.05) is 13.1 Å². The zero-order valence-electron chi connectivity index (χ0n) is 19.1. The van der Waals surface area contributed by atoms with E-state index in [1.165, 1.54) is 4.90 Å². The number of likely N-dealkylation sites (tertiary alicyclic amines) is 1. The Morgan fingerprint density at radius 1 is 0.871 bits per heavy atom. The summed E-state index contributed by atoms with van der Waals surface area (Å²) in [5.41, 5.74) is -0.487. The molecule has 1 aliphatic rings. The minimum atomic E-state index is -0.676. The van der Waals surface area contributed by atoms with Gasteiger partial charge in [0.1, 0.15) is 17.8 Å². The molecule has 0 aromatic heterocycles. The van der Waals surface area contributed by atoms with E-state index in [-0.39, 0.29) is 19.7 Å². The first-order chi connectivity index (χ1) is 14.3. The molecule has 9 heteroatoms. The third kappa shape index (κ3) is 8.74. The Balaban J connectivity index is 2.01. The van der Waals surface area contributed by atoms with Crippen LogP contribution < -0.4 is 10.6 Å². The highest BCUT2D eigenvalue weighted by Crippen LogP contribution is 2.17. The van der Waals surface area contributed by atoms with Crippen LogP contribution in [0.4, 0.5) is 14.4 Å². The van der Waals surface area contributed by atoms with E-state index in [4.69, 9.17) is 14.2 Å². The molecule has 1 aromatic rings. The van der Waals surface area contributed by atoms with Crippen molar-refractivity contribution < 1.29 is 28.6 Å². The highest BCUT2D eigenvalue weighted by molar-refractivity contribution is 5.72. The molecule has 1 fully saturated rings. The maximum absolute atomic E-state index is 12.5. The van der Waals surface area contributed by atoms with Crippen LogP contribution in [0, 0.1) is 0 Å². The third-order valence-electron chi connectivity index (χ3n) is 4.19. The van der Waals surface area contributed by atoms with Crippen LogP contribution in [0.3, 0.4) is 0 Å². The number of carbonyl (C=O) groups is 3. The number of rotatable bonds is 4. The average molecular weight is 436 g/mol. The number of hydrogen-bond acceptors (Lipinski definition) is 6. The van der Waals surface area contributed by atoms with Crippen LogP contribution in [0.15, 0.2) is 30.3 Å². The molecule has 1 heterocycles. The van der Waals surface area contributed by atoms with Crippen LogP contribution in [0.25, 0.3) is 0 Å². The Kier molecular flexibility index (Phi) is 7.75. The van der Waals surface area contributed by atoms with Crippen molar-refractivity contribution in [1.82, 2.24) is 15.5 Å². The van der Waals surface area contributed by atoms with Crippen molar-refractivity contribution in [3.8, 4) is 0 Å². The van der Waals surface area contributed by atoms with Gasteiger partial charge >= 0.3 is 18.3 Å². The van der Waals surface area contributed by atoms with Crippen molar-refractivity contribution in [1.29, 1.82) is 0 Å². The predicted molar refractivity (Wildman–Crippen MR) is 115 cm³/mol. The first-order valence-corrected chi connectivity index (χ1v) is 10.3. The summed E-state index contributed by atoms with van der Waals surface area (Å²) in [6.07, 6.45) is -1.80. The summed E-state index contributed by atoms with van der Waals surface area (Å²) in [5, 5.41) is 5.47. The van der Waals surface area contributed by atoms with Crippen LogP contribution in [0.2, 0.25) is 0 Å². The van der Waals surface area contributed by atoms with Gasteiger partial charge in [-0.15, -0.1) is 0 Å². The number of hydrogen-bond donors (Lipinski definition) is 2. The van der Waals surface area contributed by atoms with Crippen LogP contribution in [0.1, 0.15) is 47.1 Å². The average Bonchev–Trinajstić information content (AvgIpc) is 3.00. The largest absolute Gasteiger partial charge is 0.445 e. The molecule has 0 radical (unpaired) electrons. The lowest BCUT2D eigenvalue weighted by molar-refractivity contribution is 0.0280. The first kappa shape index (κ1) is 24.3. The van der Waals surface area contributed by atoms with E-state index in [1.54, 1.807) is 41.5 Å². The summed E-state index contributed by atoms with van der Waals surface area (Å²) in [6, 6.07) is 8.15. The topological polar surface area (TPSA) is 106 Å². The van der Waals surface area contributed by atoms with E-state index in [2.05, 4.69) is 10.6 Å². The van der Waals surface area contributed by atoms with Gasteiger partial charge in [-0.3, -0.25) is 0 Å². The highest BCUT2D eigenvalue weighted by Gasteiger charge is 2.39. The summed E-state index contributed by atoms with van der Waals surface area (Å²) >= 11 is 0. The summed E-state index contributed by atoms with van der Waals surface area (Å²) in [6.45, 7) is 11.0. The monoisotopic (exact) mass is 435 g/mol. The molecule has 172 valence electrons. The van der Waals surface area contributed by atoms with E-state index in [0.29, 0.717) is 0 Å². The smallest absolute Gasteiger partial charge is 0.410 e. The van der Waals surface area contributed by atoms with Gasteiger partial charge in [-0.25, -0.2) is 14.4 Å². The van der Waals surface area contributed by atoms with Gasteiger partial charge in [-0.2, -0.15) is 0 Å². The molecule has 1 aromatic carbocycles. The molecule has 31 heavy (non-hydrogen) atoms. The van der Waals surface area contributed by atoms with Gasteiger partial charge in [0.25, 0.3) is 0 Å². The normalized spacial score (nSPS) is 18.8. The number of benzene rings is 1. The second-order valence-corrected chi connectivity index (χ2v) is 9.45. The number of ether oxygens (including phenoxy) is 3. The van der Waals surface area contributed by atoms with E-state index in [1.807, 2.05) is 30.3 Å². The number of alkyl carbamates (subject to hydrolysis) is 2. The first-order valence-electron chi connectivity index (χ1n) is 10.3. The third-order valence-corrected chi connectivity index (χ3v) is 4.19. The molecular weight excluding hydrogens is 402 g/mol. The van der Waals surface area contributed by atoms with Crippen molar-refractivity contribution in [3.05, 3.63) is 35.9 Å². The lowest BCUT2D eigenvalue weighted by Crippen LogP contribution is -2.51. The molecule has 9 nitrogen and oxygen atoms in total. The SMILES string of the molecule is CC(C)(C)OC(=O)N[C@H]1CN(C(=O)OC(C)(C)C)C[C@H]1NC(=O)OCc1ccccc1. The molecule has 0 unspecified atom stereocenters. The molecular formula is C22H33N3O6. The second kappa shape index (κ2) is 9.89. The molecule has 1 aliphatic heterocycles. The van der Waals surface area contributed by atoms with Crippen molar-refractivity contribution in [2.75, 3.05) is 13.1 Å². The number of amides is 3. The van der Waals surface area contributed by atoms with Crippen molar-refractivity contribution >= 4 is 18.3 Å². The van der Waals surface area contributed by atoms with Gasteiger partial charge in [0.05, 0.1) is 12.1 Å². The molecule has 3 amide bonds. The molecule has 0 bridgehead atoms. The van der Waals surface area contributed by atoms with E-state index >= 15 is 0 Å². The lowest BCUT2D eigenvalue weighted by atomic mass is 10.2. The zero-order chi connectivity index (χ0) is 23.2. The molecule has 2 N–H and O–H groups in total. The molecule has 0 spiro atoms. The van der Waals surface area contributed by atoms with E-state index in [0.717, 1.165) is 5.56 Å². The molecule has 0 aliphatic carbocycles. The standard InChI is InChI=1S/C22H33N3O6/c1-21(2,3)30-19(27)24-17-13-25(20(28)31-22(4,5)6)12-16(17)23-18(26)29-14-15-10-8-7-9-11-15/h7-11,16-17H,12-14H2,1-6H3,(H,23,26)(H,24,27)/t16-,17+/m1/s1. The van der Waals surface area contributed by atoms with Crippen LogP contribution in [-0.4, -0.2) is 59.6 Å². The van der Waals surface area contributed by atoms with Gasteiger partial charge in [0.15, 0.2) is 0 Å². The molecule has 1 saturated heterocycles. The van der Waals surface area contributed by atoms with Crippen molar-refractivity contribution in [3.63, 3.8) is 0 Å². The fourth-order valence-corrected chi connectivity index (χ4v) is 2.95. The fraction of sp³-hybridized carbons (Fsp3) is 0.591. The molecule has 2 rings (SSSR count). The van der Waals surface area contributed by atoms with Gasteiger partial charge in [-0.05, 0) is 47.1 Å². The van der Waals surface area contributed by atoms with E-state index in [9.17, 15) is 14.4 Å².